The average molecular weight is 367 g/mol. The van der Waals surface area contributed by atoms with Gasteiger partial charge in [-0.15, -0.1) is 0 Å². The number of hydrogen-bond acceptors (Lipinski definition) is 5. The molecule has 0 spiro atoms. The Bertz CT molecular complexity index is 833. The molecule has 0 aliphatic carbocycles. The Kier molecular flexibility index (Phi) is 5.75. The number of carbonyl (C=O) groups is 1. The van der Waals surface area contributed by atoms with Crippen LogP contribution in [0.2, 0.25) is 0 Å². The molecule has 0 radical (unpaired) electrons. The predicted octanol–water partition coefficient (Wildman–Crippen LogP) is 2.78. The topological polar surface area (TPSA) is 75.4 Å². The first-order valence-corrected chi connectivity index (χ1v) is 9.54. The Balaban J connectivity index is 1.93. The minimum Gasteiger partial charge on any atom is -0.347 e. The van der Waals surface area contributed by atoms with Crippen LogP contribution in [0.1, 0.15) is 40.9 Å². The van der Waals surface area contributed by atoms with E-state index < -0.39 is 0 Å². The molecular weight excluding hydrogens is 338 g/mol. The molecule has 6 heteroatoms. The number of aromatic nitrogens is 2. The number of benzene rings is 1. The third kappa shape index (κ3) is 4.27. The second kappa shape index (κ2) is 8.05. The van der Waals surface area contributed by atoms with Crippen molar-refractivity contribution in [3.05, 3.63) is 41.1 Å². The zero-order valence-corrected chi connectivity index (χ0v) is 16.7. The maximum atomic E-state index is 13.0. The van der Waals surface area contributed by atoms with Crippen LogP contribution in [-0.4, -0.2) is 54.0 Å². The number of carbonyl (C=O) groups excluding carboxylic acids is 1. The fourth-order valence-corrected chi connectivity index (χ4v) is 3.40. The molecule has 0 saturated carbocycles. The Labute approximate surface area is 161 Å². The molecule has 2 N–H and O–H groups in total. The summed E-state index contributed by atoms with van der Waals surface area (Å²) in [5.74, 6) is 0.744. The molecule has 2 aromatic rings. The number of rotatable bonds is 3. The third-order valence-corrected chi connectivity index (χ3v) is 5.22. The highest BCUT2D eigenvalue weighted by molar-refractivity contribution is 5.95. The molecule has 1 amide bonds. The van der Waals surface area contributed by atoms with Gasteiger partial charge < -0.3 is 15.5 Å². The summed E-state index contributed by atoms with van der Waals surface area (Å²) in [6, 6.07) is 7.96. The molecule has 1 aliphatic heterocycles. The van der Waals surface area contributed by atoms with Crippen LogP contribution in [0.15, 0.2) is 24.3 Å². The Morgan fingerprint density at radius 2 is 1.96 bits per heavy atom. The van der Waals surface area contributed by atoms with Gasteiger partial charge in [0.15, 0.2) is 0 Å². The van der Waals surface area contributed by atoms with Gasteiger partial charge in [0.1, 0.15) is 0 Å². The molecule has 1 atom stereocenters. The molecule has 3 rings (SSSR count). The molecule has 144 valence electrons. The second-order valence-corrected chi connectivity index (χ2v) is 7.54. The molecule has 27 heavy (non-hydrogen) atoms. The van der Waals surface area contributed by atoms with Gasteiger partial charge in [0.25, 0.3) is 5.91 Å². The number of hydrogen-bond donors (Lipinski definition) is 1. The summed E-state index contributed by atoms with van der Waals surface area (Å²) in [7, 11) is 3.86. The Morgan fingerprint density at radius 3 is 2.70 bits per heavy atom. The number of nitrogens with two attached hydrogens (primary N) is 1. The number of amides is 1. The van der Waals surface area contributed by atoms with E-state index in [1.807, 2.05) is 62.0 Å². The van der Waals surface area contributed by atoms with Crippen LogP contribution in [0.3, 0.4) is 0 Å². The summed E-state index contributed by atoms with van der Waals surface area (Å²) in [5.41, 5.74) is 10.5. The summed E-state index contributed by atoms with van der Waals surface area (Å²) < 4.78 is 0. The van der Waals surface area contributed by atoms with Crippen molar-refractivity contribution in [2.75, 3.05) is 32.1 Å². The molecule has 1 saturated heterocycles. The van der Waals surface area contributed by atoms with E-state index in [1.165, 1.54) is 0 Å². The second-order valence-electron chi connectivity index (χ2n) is 7.54. The molecule has 1 unspecified atom stereocenters. The lowest BCUT2D eigenvalue weighted by Gasteiger charge is -2.21. The smallest absolute Gasteiger partial charge is 0.253 e. The number of likely N-dealkylation sites (tertiary alicyclic amines) is 1. The van der Waals surface area contributed by atoms with Gasteiger partial charge in [0.05, 0.1) is 5.69 Å². The van der Waals surface area contributed by atoms with Crippen LogP contribution in [0.4, 0.5) is 5.95 Å². The van der Waals surface area contributed by atoms with Crippen molar-refractivity contribution in [3.8, 4) is 11.3 Å². The minimum atomic E-state index is 0.0715. The predicted molar refractivity (Wildman–Crippen MR) is 109 cm³/mol. The van der Waals surface area contributed by atoms with E-state index in [9.17, 15) is 4.79 Å². The van der Waals surface area contributed by atoms with E-state index in [1.54, 1.807) is 0 Å². The van der Waals surface area contributed by atoms with E-state index in [-0.39, 0.29) is 11.9 Å². The van der Waals surface area contributed by atoms with Crippen molar-refractivity contribution >= 4 is 11.9 Å². The van der Waals surface area contributed by atoms with Crippen LogP contribution in [0.5, 0.6) is 0 Å². The average Bonchev–Trinajstić information content (AvgIpc) is 2.87. The SMILES string of the molecule is Cc1nc(N(C)C)nc(-c2cccc(C(=O)N3CCCC(N)CC3)c2)c1C. The third-order valence-electron chi connectivity index (χ3n) is 5.22. The van der Waals surface area contributed by atoms with E-state index in [0.717, 1.165) is 54.9 Å². The highest BCUT2D eigenvalue weighted by Gasteiger charge is 2.21. The van der Waals surface area contributed by atoms with Crippen molar-refractivity contribution in [1.29, 1.82) is 0 Å². The van der Waals surface area contributed by atoms with Crippen LogP contribution in [-0.2, 0) is 0 Å². The first-order chi connectivity index (χ1) is 12.9. The van der Waals surface area contributed by atoms with Crippen molar-refractivity contribution in [3.63, 3.8) is 0 Å². The first-order valence-electron chi connectivity index (χ1n) is 9.54. The summed E-state index contributed by atoms with van der Waals surface area (Å²) in [5, 5.41) is 0. The van der Waals surface area contributed by atoms with Gasteiger partial charge in [-0.05, 0) is 50.8 Å². The first kappa shape index (κ1) is 19.3. The zero-order valence-electron chi connectivity index (χ0n) is 16.7. The fourth-order valence-electron chi connectivity index (χ4n) is 3.40. The molecule has 6 nitrogen and oxygen atoms in total. The molecule has 0 bridgehead atoms. The largest absolute Gasteiger partial charge is 0.347 e. The fraction of sp³-hybridized carbons (Fsp3) is 0.476. The molecule has 1 fully saturated rings. The van der Waals surface area contributed by atoms with E-state index in [0.29, 0.717) is 11.5 Å². The number of aryl methyl sites for hydroxylation is 1. The van der Waals surface area contributed by atoms with Gasteiger partial charge in [0.2, 0.25) is 5.95 Å². The highest BCUT2D eigenvalue weighted by Crippen LogP contribution is 2.26. The van der Waals surface area contributed by atoms with Crippen LogP contribution in [0, 0.1) is 13.8 Å². The lowest BCUT2D eigenvalue weighted by atomic mass is 10.0. The summed E-state index contributed by atoms with van der Waals surface area (Å²) in [6.07, 6.45) is 2.81. The summed E-state index contributed by atoms with van der Waals surface area (Å²) in [6.45, 7) is 5.51. The van der Waals surface area contributed by atoms with Crippen molar-refractivity contribution < 1.29 is 4.79 Å². The van der Waals surface area contributed by atoms with E-state index >= 15 is 0 Å². The zero-order chi connectivity index (χ0) is 19.6. The molecule has 1 aromatic carbocycles. The lowest BCUT2D eigenvalue weighted by Crippen LogP contribution is -2.32. The van der Waals surface area contributed by atoms with Gasteiger partial charge in [-0.3, -0.25) is 4.79 Å². The Hall–Kier alpha value is -2.47. The Morgan fingerprint density at radius 1 is 1.19 bits per heavy atom. The number of nitrogens with zero attached hydrogens (tertiary/aromatic N) is 4. The quantitative estimate of drug-likeness (QED) is 0.903. The lowest BCUT2D eigenvalue weighted by molar-refractivity contribution is 0.0761. The van der Waals surface area contributed by atoms with Crippen LogP contribution < -0.4 is 10.6 Å². The number of anilines is 1. The highest BCUT2D eigenvalue weighted by atomic mass is 16.2. The van der Waals surface area contributed by atoms with Crippen molar-refractivity contribution in [2.24, 2.45) is 5.73 Å². The van der Waals surface area contributed by atoms with Gasteiger partial charge >= 0.3 is 0 Å². The van der Waals surface area contributed by atoms with Crippen molar-refractivity contribution in [2.45, 2.75) is 39.2 Å². The summed E-state index contributed by atoms with van der Waals surface area (Å²) in [4.78, 5) is 26.1. The maximum absolute atomic E-state index is 13.0. The van der Waals surface area contributed by atoms with Crippen LogP contribution in [0.25, 0.3) is 11.3 Å². The monoisotopic (exact) mass is 367 g/mol. The molecular formula is C21H29N5O. The van der Waals surface area contributed by atoms with Gasteiger partial charge in [-0.2, -0.15) is 0 Å². The van der Waals surface area contributed by atoms with Gasteiger partial charge in [-0.1, -0.05) is 12.1 Å². The molecule has 2 heterocycles. The maximum Gasteiger partial charge on any atom is 0.253 e. The standard InChI is InChI=1S/C21H29N5O/c1-14-15(2)23-21(25(3)4)24-19(14)16-7-5-8-17(13-16)20(27)26-11-6-9-18(22)10-12-26/h5,7-8,13,18H,6,9-12,22H2,1-4H3. The molecule has 1 aromatic heterocycles. The van der Waals surface area contributed by atoms with Gasteiger partial charge in [-0.25, -0.2) is 9.97 Å². The van der Waals surface area contributed by atoms with Gasteiger partial charge in [0, 0.05) is 50.0 Å². The minimum absolute atomic E-state index is 0.0715. The van der Waals surface area contributed by atoms with Crippen LogP contribution >= 0.6 is 0 Å². The van der Waals surface area contributed by atoms with E-state index in [4.69, 9.17) is 10.7 Å². The molecule has 1 aliphatic rings. The van der Waals surface area contributed by atoms with Crippen molar-refractivity contribution in [1.82, 2.24) is 14.9 Å². The van der Waals surface area contributed by atoms with E-state index in [2.05, 4.69) is 4.98 Å². The summed E-state index contributed by atoms with van der Waals surface area (Å²) >= 11 is 0. The normalized spacial score (nSPS) is 17.5.